The Morgan fingerprint density at radius 2 is 2.00 bits per heavy atom. The zero-order valence-corrected chi connectivity index (χ0v) is 14.8. The van der Waals surface area contributed by atoms with Crippen molar-refractivity contribution in [1.29, 1.82) is 0 Å². The topological polar surface area (TPSA) is 94.8 Å². The van der Waals surface area contributed by atoms with Crippen LogP contribution in [-0.2, 0) is 11.3 Å². The van der Waals surface area contributed by atoms with Gasteiger partial charge in [-0.3, -0.25) is 9.59 Å². The van der Waals surface area contributed by atoms with Gasteiger partial charge in [0.25, 0.3) is 0 Å². The van der Waals surface area contributed by atoms with Crippen LogP contribution in [0.15, 0.2) is 36.4 Å². The Hall–Kier alpha value is -3.09. The number of amides is 1. The molecule has 0 saturated carbocycles. The molecule has 1 atom stereocenters. The van der Waals surface area contributed by atoms with Gasteiger partial charge in [-0.1, -0.05) is 12.1 Å². The molecule has 1 amide bonds. The lowest BCUT2D eigenvalue weighted by atomic mass is 9.93. The normalized spacial score (nSPS) is 16.2. The minimum atomic E-state index is -0.926. The van der Waals surface area contributed by atoms with Crippen LogP contribution in [0, 0.1) is 5.92 Å². The molecule has 1 aliphatic heterocycles. The van der Waals surface area contributed by atoms with Gasteiger partial charge in [0, 0.05) is 19.2 Å². The maximum Gasteiger partial charge on any atom is 0.230 e. The number of ketones is 1. The van der Waals surface area contributed by atoms with Crippen molar-refractivity contribution in [2.75, 3.05) is 25.2 Å². The van der Waals surface area contributed by atoms with Gasteiger partial charge in [-0.2, -0.15) is 0 Å². The molecule has 0 radical (unpaired) electrons. The minimum absolute atomic E-state index is 0.222. The largest absolute Gasteiger partial charge is 0.497 e. The number of fused-ring (bicyclic) bond motifs is 1. The lowest BCUT2D eigenvalue weighted by Crippen LogP contribution is -2.45. The molecule has 3 rings (SSSR count). The molecule has 26 heavy (non-hydrogen) atoms. The van der Waals surface area contributed by atoms with Crippen LogP contribution >= 0.6 is 0 Å². The summed E-state index contributed by atoms with van der Waals surface area (Å²) in [6, 6.07) is 11.1. The van der Waals surface area contributed by atoms with Crippen molar-refractivity contribution >= 4 is 17.4 Å². The standard InChI is InChI=1S/C19H21N3O4/c1-3-26-16-9-8-15-17(21-16)18(23)14(19(20)24)11-22(15)10-12-4-6-13(25-2)7-5-12/h4-9,14H,3,10-11H2,1-2H3,(H2,20,24). The highest BCUT2D eigenvalue weighted by atomic mass is 16.5. The minimum Gasteiger partial charge on any atom is -0.497 e. The van der Waals surface area contributed by atoms with Gasteiger partial charge in [-0.15, -0.1) is 0 Å². The van der Waals surface area contributed by atoms with Crippen molar-refractivity contribution in [3.63, 3.8) is 0 Å². The van der Waals surface area contributed by atoms with E-state index in [2.05, 4.69) is 4.98 Å². The third kappa shape index (κ3) is 3.46. The van der Waals surface area contributed by atoms with Crippen molar-refractivity contribution < 1.29 is 19.1 Å². The molecule has 0 saturated heterocycles. The molecule has 7 nitrogen and oxygen atoms in total. The van der Waals surface area contributed by atoms with Crippen LogP contribution in [0.25, 0.3) is 0 Å². The second-order valence-corrected chi connectivity index (χ2v) is 6.00. The van der Waals surface area contributed by atoms with Gasteiger partial charge in [-0.05, 0) is 30.7 Å². The average Bonchev–Trinajstić information content (AvgIpc) is 2.64. The number of rotatable bonds is 6. The van der Waals surface area contributed by atoms with Crippen LogP contribution in [-0.4, -0.2) is 36.9 Å². The van der Waals surface area contributed by atoms with Crippen LogP contribution in [0.2, 0.25) is 0 Å². The molecule has 1 aliphatic rings. The third-order valence-corrected chi connectivity index (χ3v) is 4.31. The van der Waals surface area contributed by atoms with Gasteiger partial charge in [0.2, 0.25) is 11.8 Å². The number of Topliss-reactive ketones (excluding diaryl/α,β-unsaturated/α-hetero) is 1. The van der Waals surface area contributed by atoms with E-state index >= 15 is 0 Å². The van der Waals surface area contributed by atoms with Gasteiger partial charge in [0.05, 0.1) is 19.4 Å². The number of methoxy groups -OCH3 is 1. The Labute approximate surface area is 151 Å². The first-order chi connectivity index (χ1) is 12.5. The summed E-state index contributed by atoms with van der Waals surface area (Å²) in [4.78, 5) is 30.6. The van der Waals surface area contributed by atoms with Crippen molar-refractivity contribution in [3.8, 4) is 11.6 Å². The summed E-state index contributed by atoms with van der Waals surface area (Å²) in [6.45, 7) is 3.02. The van der Waals surface area contributed by atoms with E-state index in [0.29, 0.717) is 24.7 Å². The lowest BCUT2D eigenvalue weighted by Gasteiger charge is -2.33. The van der Waals surface area contributed by atoms with Crippen molar-refractivity contribution in [3.05, 3.63) is 47.7 Å². The number of aromatic nitrogens is 1. The number of anilines is 1. The highest BCUT2D eigenvalue weighted by molar-refractivity contribution is 6.13. The van der Waals surface area contributed by atoms with Crippen molar-refractivity contribution in [2.24, 2.45) is 11.7 Å². The van der Waals surface area contributed by atoms with E-state index in [9.17, 15) is 9.59 Å². The Balaban J connectivity index is 1.95. The van der Waals surface area contributed by atoms with Crippen LogP contribution in [0.3, 0.4) is 0 Å². The van der Waals surface area contributed by atoms with E-state index < -0.39 is 11.8 Å². The van der Waals surface area contributed by atoms with Gasteiger partial charge >= 0.3 is 0 Å². The second-order valence-electron chi connectivity index (χ2n) is 6.00. The number of primary amides is 1. The number of ether oxygens (including phenoxy) is 2. The molecule has 1 aromatic carbocycles. The molecule has 0 spiro atoms. The average molecular weight is 355 g/mol. The van der Waals surface area contributed by atoms with Gasteiger partial charge < -0.3 is 20.1 Å². The molecule has 7 heteroatoms. The van der Waals surface area contributed by atoms with E-state index in [1.54, 1.807) is 19.2 Å². The molecule has 2 N–H and O–H groups in total. The van der Waals surface area contributed by atoms with Crippen LogP contribution in [0.4, 0.5) is 5.69 Å². The maximum absolute atomic E-state index is 12.6. The summed E-state index contributed by atoms with van der Waals surface area (Å²) in [7, 11) is 1.61. The summed E-state index contributed by atoms with van der Waals surface area (Å²) < 4.78 is 10.6. The number of hydrogen-bond donors (Lipinski definition) is 1. The molecule has 0 fully saturated rings. The molecule has 2 heterocycles. The first kappa shape index (κ1) is 17.7. The fourth-order valence-electron chi connectivity index (χ4n) is 2.99. The Bertz CT molecular complexity index is 820. The Kier molecular flexibility index (Phi) is 5.06. The molecule has 0 bridgehead atoms. The number of benzene rings is 1. The predicted octanol–water partition coefficient (Wildman–Crippen LogP) is 1.79. The van der Waals surface area contributed by atoms with E-state index in [-0.39, 0.29) is 18.0 Å². The predicted molar refractivity (Wildman–Crippen MR) is 96.5 cm³/mol. The Morgan fingerprint density at radius 1 is 1.27 bits per heavy atom. The Morgan fingerprint density at radius 3 is 2.62 bits per heavy atom. The molecule has 136 valence electrons. The number of carbonyl (C=O) groups is 2. The summed E-state index contributed by atoms with van der Waals surface area (Å²) >= 11 is 0. The number of hydrogen-bond acceptors (Lipinski definition) is 6. The molecule has 1 unspecified atom stereocenters. The quantitative estimate of drug-likeness (QED) is 0.794. The zero-order valence-electron chi connectivity index (χ0n) is 14.8. The molecule has 0 aliphatic carbocycles. The van der Waals surface area contributed by atoms with Crippen LogP contribution in [0.5, 0.6) is 11.6 Å². The SMILES string of the molecule is CCOc1ccc2c(n1)C(=O)C(C(N)=O)CN2Cc1ccc(OC)cc1. The highest BCUT2D eigenvalue weighted by Crippen LogP contribution is 2.31. The van der Waals surface area contributed by atoms with E-state index in [1.165, 1.54) is 0 Å². The third-order valence-electron chi connectivity index (χ3n) is 4.31. The fraction of sp³-hybridized carbons (Fsp3) is 0.316. The number of nitrogens with zero attached hydrogens (tertiary/aromatic N) is 2. The zero-order chi connectivity index (χ0) is 18.7. The maximum atomic E-state index is 12.6. The van der Waals surface area contributed by atoms with Crippen LogP contribution in [0.1, 0.15) is 23.0 Å². The summed E-state index contributed by atoms with van der Waals surface area (Å²) in [5, 5.41) is 0. The highest BCUT2D eigenvalue weighted by Gasteiger charge is 2.36. The van der Waals surface area contributed by atoms with Gasteiger partial charge in [0.15, 0.2) is 5.78 Å². The van der Waals surface area contributed by atoms with Crippen molar-refractivity contribution in [2.45, 2.75) is 13.5 Å². The number of nitrogens with two attached hydrogens (primary N) is 1. The molecule has 1 aromatic heterocycles. The summed E-state index contributed by atoms with van der Waals surface area (Å²) in [6.07, 6.45) is 0. The lowest BCUT2D eigenvalue weighted by molar-refractivity contribution is -0.120. The number of carbonyl (C=O) groups excluding carboxylic acids is 2. The fourth-order valence-corrected chi connectivity index (χ4v) is 2.99. The summed E-state index contributed by atoms with van der Waals surface area (Å²) in [5.41, 5.74) is 7.35. The molecular formula is C19H21N3O4. The van der Waals surface area contributed by atoms with Gasteiger partial charge in [-0.25, -0.2) is 4.98 Å². The first-order valence-electron chi connectivity index (χ1n) is 8.38. The van der Waals surface area contributed by atoms with E-state index in [0.717, 1.165) is 11.3 Å². The van der Waals surface area contributed by atoms with E-state index in [4.69, 9.17) is 15.2 Å². The van der Waals surface area contributed by atoms with Crippen molar-refractivity contribution in [1.82, 2.24) is 4.98 Å². The number of pyridine rings is 1. The van der Waals surface area contributed by atoms with Crippen LogP contribution < -0.4 is 20.1 Å². The first-order valence-corrected chi connectivity index (χ1v) is 8.38. The van der Waals surface area contributed by atoms with Gasteiger partial charge in [0.1, 0.15) is 17.4 Å². The smallest absolute Gasteiger partial charge is 0.230 e. The monoisotopic (exact) mass is 355 g/mol. The molecule has 2 aromatic rings. The second kappa shape index (κ2) is 7.43. The summed E-state index contributed by atoms with van der Waals surface area (Å²) in [5.74, 6) is -0.815. The van der Waals surface area contributed by atoms with E-state index in [1.807, 2.05) is 36.1 Å². The molecular weight excluding hydrogens is 334 g/mol.